The number of hydrogen-bond donors (Lipinski definition) is 2. The number of aliphatic hydroxyl groups is 1. The first kappa shape index (κ1) is 15.6. The van der Waals surface area contributed by atoms with Crippen LogP contribution < -0.4 is 5.73 Å². The molecule has 98 valence electrons. The molecule has 0 spiro atoms. The van der Waals surface area contributed by atoms with Gasteiger partial charge in [-0.25, -0.2) is 0 Å². The first-order valence-electron chi connectivity index (χ1n) is 4.70. The van der Waals surface area contributed by atoms with E-state index in [0.717, 1.165) is 0 Å². The molecule has 0 saturated carbocycles. The summed E-state index contributed by atoms with van der Waals surface area (Å²) in [6, 6.07) is 0. The molecule has 0 amide bonds. The minimum atomic E-state index is -4.62. The lowest BCUT2D eigenvalue weighted by Crippen LogP contribution is -2.26. The Bertz CT molecular complexity index is 168. The Hall–Kier alpha value is -0.410. The van der Waals surface area contributed by atoms with Gasteiger partial charge in [-0.3, -0.25) is 4.74 Å². The normalized spacial score (nSPS) is 14.1. The third-order valence-electron chi connectivity index (χ3n) is 1.45. The van der Waals surface area contributed by atoms with E-state index in [0.29, 0.717) is 0 Å². The maximum Gasteiger partial charge on any atom is 0.522 e. The second kappa shape index (κ2) is 8.71. The van der Waals surface area contributed by atoms with E-state index in [9.17, 15) is 13.2 Å². The van der Waals surface area contributed by atoms with E-state index < -0.39 is 19.1 Å². The molecule has 8 heteroatoms. The van der Waals surface area contributed by atoms with Crippen molar-refractivity contribution in [2.75, 3.05) is 39.6 Å². The Morgan fingerprint density at radius 1 is 1.06 bits per heavy atom. The van der Waals surface area contributed by atoms with Crippen LogP contribution in [0.1, 0.15) is 0 Å². The fourth-order valence-corrected chi connectivity index (χ4v) is 0.724. The van der Waals surface area contributed by atoms with Crippen LogP contribution in [-0.4, -0.2) is 57.2 Å². The molecule has 0 aromatic carbocycles. The van der Waals surface area contributed by atoms with E-state index in [1.807, 2.05) is 0 Å². The van der Waals surface area contributed by atoms with Gasteiger partial charge in [-0.1, -0.05) is 0 Å². The predicted octanol–water partition coefficient (Wildman–Crippen LogP) is -0.124. The third-order valence-corrected chi connectivity index (χ3v) is 1.45. The van der Waals surface area contributed by atoms with Crippen LogP contribution in [0.2, 0.25) is 0 Å². The minimum absolute atomic E-state index is 0.0823. The smallest absolute Gasteiger partial charge is 0.389 e. The highest BCUT2D eigenvalue weighted by molar-refractivity contribution is 4.51. The summed E-state index contributed by atoms with van der Waals surface area (Å²) in [4.78, 5) is 0. The van der Waals surface area contributed by atoms with E-state index >= 15 is 0 Å². The van der Waals surface area contributed by atoms with Crippen molar-refractivity contribution in [3.63, 3.8) is 0 Å². The largest absolute Gasteiger partial charge is 0.522 e. The van der Waals surface area contributed by atoms with E-state index in [2.05, 4.69) is 4.74 Å². The second-order valence-corrected chi connectivity index (χ2v) is 2.87. The summed E-state index contributed by atoms with van der Waals surface area (Å²) < 4.78 is 47.6. The molecule has 0 rings (SSSR count). The average molecular weight is 247 g/mol. The minimum Gasteiger partial charge on any atom is -0.389 e. The predicted molar refractivity (Wildman–Crippen MR) is 48.7 cm³/mol. The molecule has 3 N–H and O–H groups in total. The van der Waals surface area contributed by atoms with Crippen molar-refractivity contribution in [2.45, 2.75) is 12.5 Å². The van der Waals surface area contributed by atoms with Gasteiger partial charge < -0.3 is 20.3 Å². The van der Waals surface area contributed by atoms with E-state index in [1.54, 1.807) is 0 Å². The van der Waals surface area contributed by atoms with Crippen LogP contribution in [-0.2, 0) is 14.2 Å². The number of hydrogen-bond acceptors (Lipinski definition) is 5. The molecule has 0 aliphatic rings. The zero-order valence-corrected chi connectivity index (χ0v) is 8.70. The van der Waals surface area contributed by atoms with Gasteiger partial charge in [-0.05, 0) is 0 Å². The molecule has 0 heterocycles. The first-order valence-corrected chi connectivity index (χ1v) is 4.70. The highest BCUT2D eigenvalue weighted by Crippen LogP contribution is 2.15. The highest BCUT2D eigenvalue weighted by Gasteiger charge is 2.28. The molecule has 0 bridgehead atoms. The standard InChI is InChI=1S/C8H16F3NO4/c9-8(10,11)16-4-3-14-1-2-15-6-7(13)5-12/h7,13H,1-6,12H2. The van der Waals surface area contributed by atoms with E-state index in [4.69, 9.17) is 20.3 Å². The molecular formula is C8H16F3NO4. The van der Waals surface area contributed by atoms with Gasteiger partial charge in [-0.15, -0.1) is 13.2 Å². The van der Waals surface area contributed by atoms with Crippen LogP contribution >= 0.6 is 0 Å². The fourth-order valence-electron chi connectivity index (χ4n) is 0.724. The molecule has 0 aromatic rings. The fraction of sp³-hybridized carbons (Fsp3) is 1.00. The lowest BCUT2D eigenvalue weighted by atomic mass is 10.4. The van der Waals surface area contributed by atoms with Gasteiger partial charge in [0.15, 0.2) is 0 Å². The van der Waals surface area contributed by atoms with Crippen molar-refractivity contribution in [1.82, 2.24) is 0 Å². The Balaban J connectivity index is 3.10. The molecule has 0 aliphatic heterocycles. The zero-order valence-electron chi connectivity index (χ0n) is 8.70. The third kappa shape index (κ3) is 11.7. The SMILES string of the molecule is NCC(O)COCCOCCOC(F)(F)F. The highest BCUT2D eigenvalue weighted by atomic mass is 19.4. The molecule has 0 fully saturated rings. The Morgan fingerprint density at radius 2 is 1.62 bits per heavy atom. The molecule has 1 atom stereocenters. The van der Waals surface area contributed by atoms with Gasteiger partial charge in [-0.2, -0.15) is 0 Å². The van der Waals surface area contributed by atoms with Crippen molar-refractivity contribution >= 4 is 0 Å². The van der Waals surface area contributed by atoms with Gasteiger partial charge in [0.2, 0.25) is 0 Å². The molecule has 0 aliphatic carbocycles. The Labute approximate surface area is 91.3 Å². The summed E-state index contributed by atoms with van der Waals surface area (Å²) in [7, 11) is 0. The number of halogens is 3. The van der Waals surface area contributed by atoms with Crippen LogP contribution in [0.3, 0.4) is 0 Å². The topological polar surface area (TPSA) is 73.9 Å². The van der Waals surface area contributed by atoms with Crippen molar-refractivity contribution < 1.29 is 32.5 Å². The van der Waals surface area contributed by atoms with Gasteiger partial charge >= 0.3 is 6.36 Å². The zero-order chi connectivity index (χ0) is 12.4. The van der Waals surface area contributed by atoms with Crippen LogP contribution in [0.25, 0.3) is 0 Å². The number of nitrogens with two attached hydrogens (primary N) is 1. The first-order chi connectivity index (χ1) is 7.45. The maximum atomic E-state index is 11.5. The summed E-state index contributed by atoms with van der Waals surface area (Å²) in [6.45, 7) is -0.210. The van der Waals surface area contributed by atoms with Crippen LogP contribution in [0.4, 0.5) is 13.2 Å². The van der Waals surface area contributed by atoms with Gasteiger partial charge in [0.05, 0.1) is 39.1 Å². The van der Waals surface area contributed by atoms with Crippen molar-refractivity contribution in [3.05, 3.63) is 0 Å². The summed E-state index contributed by atoms with van der Waals surface area (Å²) in [5, 5.41) is 8.95. The van der Waals surface area contributed by atoms with Crippen LogP contribution in [0.5, 0.6) is 0 Å². The summed E-state index contributed by atoms with van der Waals surface area (Å²) in [5.74, 6) is 0. The van der Waals surface area contributed by atoms with E-state index in [1.165, 1.54) is 0 Å². The monoisotopic (exact) mass is 247 g/mol. The molecule has 5 nitrogen and oxygen atoms in total. The van der Waals surface area contributed by atoms with Crippen molar-refractivity contribution in [3.8, 4) is 0 Å². The molecule has 1 unspecified atom stereocenters. The van der Waals surface area contributed by atoms with E-state index in [-0.39, 0.29) is 33.0 Å². The number of alkyl halides is 3. The Kier molecular flexibility index (Phi) is 8.49. The number of ether oxygens (including phenoxy) is 3. The van der Waals surface area contributed by atoms with Crippen molar-refractivity contribution in [1.29, 1.82) is 0 Å². The number of aliphatic hydroxyl groups excluding tert-OH is 1. The maximum absolute atomic E-state index is 11.5. The van der Waals surface area contributed by atoms with Gasteiger partial charge in [0.25, 0.3) is 0 Å². The quantitative estimate of drug-likeness (QED) is 0.555. The van der Waals surface area contributed by atoms with Crippen molar-refractivity contribution in [2.24, 2.45) is 5.73 Å². The lowest BCUT2D eigenvalue weighted by Gasteiger charge is -2.09. The molecule has 0 aromatic heterocycles. The second-order valence-electron chi connectivity index (χ2n) is 2.87. The average Bonchev–Trinajstić information content (AvgIpc) is 2.20. The van der Waals surface area contributed by atoms with Crippen LogP contribution in [0.15, 0.2) is 0 Å². The Morgan fingerprint density at radius 3 is 2.19 bits per heavy atom. The van der Waals surface area contributed by atoms with Gasteiger partial charge in [0.1, 0.15) is 0 Å². The van der Waals surface area contributed by atoms with Crippen LogP contribution in [0, 0.1) is 0 Å². The molecule has 0 radical (unpaired) electrons. The molecule has 16 heavy (non-hydrogen) atoms. The number of rotatable bonds is 9. The summed E-state index contributed by atoms with van der Waals surface area (Å²) in [6.07, 6.45) is -5.35. The van der Waals surface area contributed by atoms with Gasteiger partial charge in [0, 0.05) is 6.54 Å². The summed E-state index contributed by atoms with van der Waals surface area (Å²) in [5.41, 5.74) is 5.11. The lowest BCUT2D eigenvalue weighted by molar-refractivity contribution is -0.327. The molecule has 0 saturated heterocycles. The molecular weight excluding hydrogens is 231 g/mol. The summed E-state index contributed by atoms with van der Waals surface area (Å²) >= 11 is 0.